The number of aromatic amines is 1. The number of nitrogens with zero attached hydrogens (tertiary/aromatic N) is 5. The van der Waals surface area contributed by atoms with Crippen LogP contribution in [0.1, 0.15) is 58.3 Å². The van der Waals surface area contributed by atoms with E-state index in [2.05, 4.69) is 15.2 Å². The third-order valence-corrected chi connectivity index (χ3v) is 5.47. The van der Waals surface area contributed by atoms with E-state index in [1.807, 2.05) is 31.9 Å². The number of carbonyl (C=O) groups excluding carboxylic acids is 1. The molecular formula is C19H24N6O2. The summed E-state index contributed by atoms with van der Waals surface area (Å²) in [5, 5.41) is 7.48. The lowest BCUT2D eigenvalue weighted by atomic mass is 9.98. The summed E-state index contributed by atoms with van der Waals surface area (Å²) in [4.78, 5) is 32.1. The van der Waals surface area contributed by atoms with Gasteiger partial charge in [-0.05, 0) is 40.0 Å². The number of piperidine rings is 1. The first-order valence-corrected chi connectivity index (χ1v) is 9.27. The zero-order chi connectivity index (χ0) is 19.3. The summed E-state index contributed by atoms with van der Waals surface area (Å²) in [6.07, 6.45) is 4.63. The third kappa shape index (κ3) is 2.85. The van der Waals surface area contributed by atoms with E-state index < -0.39 is 0 Å². The highest BCUT2D eigenvalue weighted by molar-refractivity contribution is 5.95. The van der Waals surface area contributed by atoms with E-state index >= 15 is 0 Å². The molecule has 8 heteroatoms. The Morgan fingerprint density at radius 3 is 2.70 bits per heavy atom. The van der Waals surface area contributed by atoms with Gasteiger partial charge in [-0.3, -0.25) is 19.4 Å². The fourth-order valence-electron chi connectivity index (χ4n) is 3.87. The number of hydrogen-bond acceptors (Lipinski definition) is 4. The van der Waals surface area contributed by atoms with Gasteiger partial charge in [0.2, 0.25) is 0 Å². The van der Waals surface area contributed by atoms with Crippen LogP contribution in [-0.4, -0.2) is 41.7 Å². The number of nitrogens with one attached hydrogen (secondary N) is 1. The fourth-order valence-corrected chi connectivity index (χ4v) is 3.87. The van der Waals surface area contributed by atoms with Gasteiger partial charge in [0.15, 0.2) is 5.65 Å². The SMILES string of the molecule is Cc1nn(C)cc1C(=O)N1CCCC[C@@H]1c1cc2nc(C)c(C)c(=O)n2[nH]1. The first-order chi connectivity index (χ1) is 12.9. The van der Waals surface area contributed by atoms with Crippen molar-refractivity contribution in [1.82, 2.24) is 29.3 Å². The summed E-state index contributed by atoms with van der Waals surface area (Å²) in [7, 11) is 1.82. The maximum absolute atomic E-state index is 13.2. The summed E-state index contributed by atoms with van der Waals surface area (Å²) in [6, 6.07) is 1.78. The van der Waals surface area contributed by atoms with Crippen LogP contribution in [0.15, 0.2) is 17.1 Å². The van der Waals surface area contributed by atoms with Crippen molar-refractivity contribution >= 4 is 11.6 Å². The lowest BCUT2D eigenvalue weighted by molar-refractivity contribution is 0.0605. The second-order valence-corrected chi connectivity index (χ2v) is 7.34. The van der Waals surface area contributed by atoms with Crippen LogP contribution in [0.5, 0.6) is 0 Å². The van der Waals surface area contributed by atoms with E-state index in [4.69, 9.17) is 0 Å². The van der Waals surface area contributed by atoms with Gasteiger partial charge < -0.3 is 4.90 Å². The Bertz CT molecular complexity index is 1090. The summed E-state index contributed by atoms with van der Waals surface area (Å²) >= 11 is 0. The second-order valence-electron chi connectivity index (χ2n) is 7.34. The molecule has 1 atom stereocenters. The molecule has 1 amide bonds. The molecule has 1 aliphatic heterocycles. The Kier molecular flexibility index (Phi) is 4.13. The lowest BCUT2D eigenvalue weighted by Crippen LogP contribution is -2.39. The Hall–Kier alpha value is -2.90. The third-order valence-electron chi connectivity index (χ3n) is 5.47. The molecule has 3 aromatic heterocycles. The van der Waals surface area contributed by atoms with Crippen LogP contribution in [0.4, 0.5) is 0 Å². The first kappa shape index (κ1) is 17.5. The Labute approximate surface area is 156 Å². The van der Waals surface area contributed by atoms with Crippen LogP contribution in [0.2, 0.25) is 0 Å². The van der Waals surface area contributed by atoms with Crippen LogP contribution in [0, 0.1) is 20.8 Å². The number of amides is 1. The molecule has 0 aromatic carbocycles. The number of aryl methyl sites for hydroxylation is 3. The highest BCUT2D eigenvalue weighted by Gasteiger charge is 2.31. The minimum absolute atomic E-state index is 0.0170. The summed E-state index contributed by atoms with van der Waals surface area (Å²) in [5.41, 5.74) is 4.06. The molecular weight excluding hydrogens is 344 g/mol. The number of aromatic nitrogens is 5. The molecule has 0 aliphatic carbocycles. The van der Waals surface area contributed by atoms with Gasteiger partial charge in [0.1, 0.15) is 0 Å². The largest absolute Gasteiger partial charge is 0.330 e. The highest BCUT2D eigenvalue weighted by atomic mass is 16.2. The first-order valence-electron chi connectivity index (χ1n) is 9.27. The van der Waals surface area contributed by atoms with Gasteiger partial charge in [0.25, 0.3) is 11.5 Å². The van der Waals surface area contributed by atoms with Gasteiger partial charge in [-0.15, -0.1) is 0 Å². The van der Waals surface area contributed by atoms with E-state index in [1.54, 1.807) is 17.8 Å². The van der Waals surface area contributed by atoms with E-state index in [9.17, 15) is 9.59 Å². The fraction of sp³-hybridized carbons (Fsp3) is 0.474. The molecule has 4 rings (SSSR count). The predicted octanol–water partition coefficient (Wildman–Crippen LogP) is 2.05. The molecule has 1 N–H and O–H groups in total. The maximum atomic E-state index is 13.2. The van der Waals surface area contributed by atoms with Crippen molar-refractivity contribution in [2.45, 2.75) is 46.1 Å². The van der Waals surface area contributed by atoms with Crippen molar-refractivity contribution in [2.24, 2.45) is 7.05 Å². The second kappa shape index (κ2) is 6.37. The Morgan fingerprint density at radius 2 is 2.00 bits per heavy atom. The molecule has 3 aromatic rings. The number of H-pyrrole nitrogens is 1. The predicted molar refractivity (Wildman–Crippen MR) is 101 cm³/mol. The van der Waals surface area contributed by atoms with Crippen molar-refractivity contribution < 1.29 is 4.79 Å². The van der Waals surface area contributed by atoms with Gasteiger partial charge in [0, 0.05) is 37.1 Å². The monoisotopic (exact) mass is 368 g/mol. The van der Waals surface area contributed by atoms with Gasteiger partial charge >= 0.3 is 0 Å². The zero-order valence-electron chi connectivity index (χ0n) is 16.1. The number of hydrogen-bond donors (Lipinski definition) is 1. The van der Waals surface area contributed by atoms with Crippen molar-refractivity contribution in [3.63, 3.8) is 0 Å². The quantitative estimate of drug-likeness (QED) is 0.750. The summed E-state index contributed by atoms with van der Waals surface area (Å²) in [5.74, 6) is -0.0170. The zero-order valence-corrected chi connectivity index (χ0v) is 16.1. The van der Waals surface area contributed by atoms with Crippen LogP contribution >= 0.6 is 0 Å². The van der Waals surface area contributed by atoms with Crippen molar-refractivity contribution in [1.29, 1.82) is 0 Å². The van der Waals surface area contributed by atoms with Crippen LogP contribution in [0.3, 0.4) is 0 Å². The topological polar surface area (TPSA) is 88.3 Å². The minimum atomic E-state index is -0.104. The Balaban J connectivity index is 1.76. The smallest absolute Gasteiger partial charge is 0.275 e. The normalized spacial score (nSPS) is 17.6. The molecule has 1 fully saturated rings. The molecule has 0 radical (unpaired) electrons. The molecule has 142 valence electrons. The number of fused-ring (bicyclic) bond motifs is 1. The Morgan fingerprint density at radius 1 is 1.22 bits per heavy atom. The van der Waals surface area contributed by atoms with Crippen molar-refractivity contribution in [3.05, 3.63) is 50.8 Å². The van der Waals surface area contributed by atoms with Crippen LogP contribution < -0.4 is 5.56 Å². The molecule has 0 unspecified atom stereocenters. The molecule has 27 heavy (non-hydrogen) atoms. The average Bonchev–Trinajstić information content (AvgIpc) is 3.22. The van der Waals surface area contributed by atoms with E-state index in [0.717, 1.165) is 36.3 Å². The number of rotatable bonds is 2. The molecule has 0 saturated carbocycles. The summed E-state index contributed by atoms with van der Waals surface area (Å²) < 4.78 is 3.14. The van der Waals surface area contributed by atoms with Gasteiger partial charge in [-0.1, -0.05) is 0 Å². The molecule has 0 bridgehead atoms. The summed E-state index contributed by atoms with van der Waals surface area (Å²) in [6.45, 7) is 6.15. The van der Waals surface area contributed by atoms with Gasteiger partial charge in [-0.2, -0.15) is 5.10 Å². The van der Waals surface area contributed by atoms with E-state index in [0.29, 0.717) is 23.3 Å². The molecule has 1 aliphatic rings. The standard InChI is InChI=1S/C19H24N6O2/c1-11-12(2)20-17-9-15(22-25(17)18(11)26)16-7-5-6-8-24(16)19(27)14-10-23(4)21-13(14)3/h9-10,16,22H,5-8H2,1-4H3/t16-/m1/s1. The van der Waals surface area contributed by atoms with Gasteiger partial charge in [-0.25, -0.2) is 9.50 Å². The van der Waals surface area contributed by atoms with Crippen molar-refractivity contribution in [2.75, 3.05) is 6.54 Å². The molecule has 8 nitrogen and oxygen atoms in total. The minimum Gasteiger partial charge on any atom is -0.330 e. The molecule has 4 heterocycles. The highest BCUT2D eigenvalue weighted by Crippen LogP contribution is 2.32. The molecule has 0 spiro atoms. The number of carbonyl (C=O) groups is 1. The van der Waals surface area contributed by atoms with Crippen LogP contribution in [0.25, 0.3) is 5.65 Å². The average molecular weight is 368 g/mol. The van der Waals surface area contributed by atoms with E-state index in [-0.39, 0.29) is 17.5 Å². The van der Waals surface area contributed by atoms with Crippen molar-refractivity contribution in [3.8, 4) is 0 Å². The lowest BCUT2D eigenvalue weighted by Gasteiger charge is -2.35. The van der Waals surface area contributed by atoms with Crippen LogP contribution in [-0.2, 0) is 7.05 Å². The van der Waals surface area contributed by atoms with E-state index in [1.165, 1.54) is 4.52 Å². The number of likely N-dealkylation sites (tertiary alicyclic amines) is 1. The molecule has 1 saturated heterocycles. The maximum Gasteiger partial charge on any atom is 0.275 e. The van der Waals surface area contributed by atoms with Gasteiger partial charge in [0.05, 0.1) is 23.0 Å².